The fraction of sp³-hybridized carbons (Fsp3) is 0.556. The highest BCUT2D eigenvalue weighted by molar-refractivity contribution is 5.79. The molecule has 1 fully saturated rings. The third-order valence-corrected chi connectivity index (χ3v) is 2.27. The van der Waals surface area contributed by atoms with Gasteiger partial charge in [-0.2, -0.15) is 0 Å². The minimum atomic E-state index is -0.446. The van der Waals surface area contributed by atoms with Crippen molar-refractivity contribution < 1.29 is 24.0 Å². The Bertz CT molecular complexity index is 432. The Labute approximate surface area is 97.0 Å². The Morgan fingerprint density at radius 1 is 1.59 bits per heavy atom. The second kappa shape index (κ2) is 4.91. The van der Waals surface area contributed by atoms with Gasteiger partial charge in [0.1, 0.15) is 0 Å². The summed E-state index contributed by atoms with van der Waals surface area (Å²) in [6.45, 7) is 3.57. The van der Waals surface area contributed by atoms with E-state index in [4.69, 9.17) is 9.26 Å². The van der Waals surface area contributed by atoms with Crippen LogP contribution in [-0.4, -0.2) is 43.8 Å². The van der Waals surface area contributed by atoms with Gasteiger partial charge in [-0.3, -0.25) is 9.32 Å². The Morgan fingerprint density at radius 2 is 2.29 bits per heavy atom. The lowest BCUT2D eigenvalue weighted by Gasteiger charge is -2.19. The molecular weight excluding hydrogens is 228 g/mol. The lowest BCUT2D eigenvalue weighted by Crippen LogP contribution is -2.64. The molecule has 1 aromatic heterocycles. The number of aldehydes is 1. The first-order valence-corrected chi connectivity index (χ1v) is 5.15. The van der Waals surface area contributed by atoms with Gasteiger partial charge in [0.05, 0.1) is 31.1 Å². The number of rotatable bonds is 3. The van der Waals surface area contributed by atoms with Crippen LogP contribution in [0.15, 0.2) is 9.52 Å². The molecule has 0 N–H and O–H groups in total. The number of ether oxygens (including phenoxy) is 1. The van der Waals surface area contributed by atoms with E-state index in [0.717, 1.165) is 0 Å². The van der Waals surface area contributed by atoms with Crippen LogP contribution in [0, 0.1) is 0 Å². The van der Waals surface area contributed by atoms with Crippen LogP contribution in [0.2, 0.25) is 0 Å². The van der Waals surface area contributed by atoms with Crippen molar-refractivity contribution in [3.8, 4) is 0 Å². The zero-order valence-corrected chi connectivity index (χ0v) is 9.33. The van der Waals surface area contributed by atoms with Crippen molar-refractivity contribution in [2.24, 2.45) is 4.99 Å². The number of aliphatic imine (C=N–C) groups is 1. The van der Waals surface area contributed by atoms with Crippen molar-refractivity contribution in [2.75, 3.05) is 31.3 Å². The number of hydrogen-bond acceptors (Lipinski definition) is 7. The standard InChI is InChI=1S/C9H12N4O4/c1-7(15)10-9-8(6-14)13(11-17-9)12-2-4-16-5-3-12/h6H,2-5H2,1H3. The van der Waals surface area contributed by atoms with Gasteiger partial charge in [-0.1, -0.05) is 0 Å². The molecule has 8 nitrogen and oxygen atoms in total. The maximum absolute atomic E-state index is 11.0. The molecule has 0 amide bonds. The first-order chi connectivity index (χ1) is 8.22. The summed E-state index contributed by atoms with van der Waals surface area (Å²) in [6.07, 6.45) is 0.563. The molecule has 92 valence electrons. The molecule has 0 aromatic carbocycles. The van der Waals surface area contributed by atoms with Gasteiger partial charge in [0.25, 0.3) is 0 Å². The molecule has 1 saturated heterocycles. The third-order valence-electron chi connectivity index (χ3n) is 2.27. The van der Waals surface area contributed by atoms with E-state index in [1.165, 1.54) is 11.7 Å². The zero-order chi connectivity index (χ0) is 12.3. The molecule has 0 saturated carbocycles. The van der Waals surface area contributed by atoms with E-state index in [-0.39, 0.29) is 11.6 Å². The Kier molecular flexibility index (Phi) is 3.33. The van der Waals surface area contributed by atoms with Gasteiger partial charge in [0, 0.05) is 0 Å². The molecule has 0 spiro atoms. The van der Waals surface area contributed by atoms with E-state index in [9.17, 15) is 9.90 Å². The summed E-state index contributed by atoms with van der Waals surface area (Å²) in [5, 5.41) is 16.3. The second-order valence-electron chi connectivity index (χ2n) is 3.47. The average Bonchev–Trinajstić information content (AvgIpc) is 2.72. The second-order valence-corrected chi connectivity index (χ2v) is 3.47. The first-order valence-electron chi connectivity index (χ1n) is 5.15. The predicted octanol–water partition coefficient (Wildman–Crippen LogP) is -1.85. The molecule has 0 aliphatic carbocycles. The average molecular weight is 240 g/mol. The number of morpholine rings is 1. The summed E-state index contributed by atoms with van der Waals surface area (Å²) in [4.78, 5) is 15.9. The quantitative estimate of drug-likeness (QED) is 0.266. The molecule has 0 bridgehead atoms. The summed E-state index contributed by atoms with van der Waals surface area (Å²) in [5.41, 5.74) is 0.127. The number of aromatic nitrogens is 2. The van der Waals surface area contributed by atoms with Crippen LogP contribution in [0.3, 0.4) is 0 Å². The molecule has 17 heavy (non-hydrogen) atoms. The van der Waals surface area contributed by atoms with E-state index >= 15 is 0 Å². The van der Waals surface area contributed by atoms with E-state index < -0.39 is 5.90 Å². The summed E-state index contributed by atoms with van der Waals surface area (Å²) in [7, 11) is 0. The van der Waals surface area contributed by atoms with Crippen LogP contribution in [0.1, 0.15) is 17.4 Å². The molecule has 1 aliphatic rings. The Morgan fingerprint density at radius 3 is 2.88 bits per heavy atom. The van der Waals surface area contributed by atoms with Crippen molar-refractivity contribution in [1.82, 2.24) is 5.27 Å². The predicted molar refractivity (Wildman–Crippen MR) is 53.6 cm³/mol. The molecule has 8 heteroatoms. The number of nitrogens with zero attached hydrogens (tertiary/aromatic N) is 4. The van der Waals surface area contributed by atoms with Gasteiger partial charge in [0.2, 0.25) is 11.6 Å². The van der Waals surface area contributed by atoms with Gasteiger partial charge < -0.3 is 9.84 Å². The van der Waals surface area contributed by atoms with Crippen LogP contribution in [0.5, 0.6) is 0 Å². The SMILES string of the molecule is C/C([O-])=N/c1on[n+](N2CCOCC2)c1C=O. The summed E-state index contributed by atoms with van der Waals surface area (Å²) < 4.78 is 10.0. The molecule has 2 heterocycles. The Hall–Kier alpha value is -1.96. The van der Waals surface area contributed by atoms with Crippen LogP contribution in [0.4, 0.5) is 5.88 Å². The molecule has 1 aromatic rings. The topological polar surface area (TPSA) is 94.9 Å². The van der Waals surface area contributed by atoms with Crippen LogP contribution >= 0.6 is 0 Å². The van der Waals surface area contributed by atoms with Crippen molar-refractivity contribution in [1.29, 1.82) is 0 Å². The lowest BCUT2D eigenvalue weighted by molar-refractivity contribution is -0.760. The zero-order valence-electron chi connectivity index (χ0n) is 9.33. The monoisotopic (exact) mass is 240 g/mol. The molecule has 0 atom stereocenters. The fourth-order valence-corrected chi connectivity index (χ4v) is 1.52. The van der Waals surface area contributed by atoms with Gasteiger partial charge in [0.15, 0.2) is 0 Å². The molecule has 1 aliphatic heterocycles. The van der Waals surface area contributed by atoms with Gasteiger partial charge in [-0.05, 0) is 12.8 Å². The van der Waals surface area contributed by atoms with Gasteiger partial charge >= 0.3 is 11.6 Å². The van der Waals surface area contributed by atoms with Crippen molar-refractivity contribution in [3.05, 3.63) is 5.69 Å². The highest BCUT2D eigenvalue weighted by Gasteiger charge is 2.31. The van der Waals surface area contributed by atoms with Gasteiger partial charge in [-0.25, -0.2) is 4.99 Å². The van der Waals surface area contributed by atoms with Crippen LogP contribution in [-0.2, 0) is 4.74 Å². The normalized spacial score (nSPS) is 17.2. The van der Waals surface area contributed by atoms with Crippen LogP contribution in [0.25, 0.3) is 0 Å². The highest BCUT2D eigenvalue weighted by atomic mass is 16.5. The van der Waals surface area contributed by atoms with Crippen LogP contribution < -0.4 is 14.9 Å². The highest BCUT2D eigenvalue weighted by Crippen LogP contribution is 2.12. The summed E-state index contributed by atoms with van der Waals surface area (Å²) >= 11 is 0. The van der Waals surface area contributed by atoms with E-state index in [0.29, 0.717) is 32.6 Å². The van der Waals surface area contributed by atoms with E-state index in [1.807, 2.05) is 0 Å². The van der Waals surface area contributed by atoms with Crippen molar-refractivity contribution >= 4 is 18.1 Å². The maximum Gasteiger partial charge on any atom is 0.372 e. The minimum absolute atomic E-state index is 0.0704. The molecule has 0 unspecified atom stereocenters. The number of hydrogen-bond donors (Lipinski definition) is 0. The number of carbonyl (C=O) groups excluding carboxylic acids is 1. The van der Waals surface area contributed by atoms with E-state index in [1.54, 1.807) is 5.01 Å². The van der Waals surface area contributed by atoms with Crippen molar-refractivity contribution in [3.63, 3.8) is 0 Å². The molecule has 0 radical (unpaired) electrons. The number of carbonyl (C=O) groups is 1. The minimum Gasteiger partial charge on any atom is -0.862 e. The van der Waals surface area contributed by atoms with Crippen molar-refractivity contribution in [2.45, 2.75) is 6.92 Å². The fourth-order valence-electron chi connectivity index (χ4n) is 1.52. The van der Waals surface area contributed by atoms with E-state index in [2.05, 4.69) is 10.3 Å². The largest absolute Gasteiger partial charge is 0.862 e. The molecular formula is C9H12N4O4. The maximum atomic E-state index is 11.0. The lowest BCUT2D eigenvalue weighted by atomic mass is 10.4. The third kappa shape index (κ3) is 2.41. The summed E-state index contributed by atoms with van der Waals surface area (Å²) in [6, 6.07) is 0. The van der Waals surface area contributed by atoms with Gasteiger partial charge in [-0.15, -0.1) is 5.01 Å². The molecule has 2 rings (SSSR count). The first kappa shape index (κ1) is 11.5. The summed E-state index contributed by atoms with van der Waals surface area (Å²) in [5.74, 6) is -0.516. The smallest absolute Gasteiger partial charge is 0.372 e. The Balaban J connectivity index is 2.31.